The molecule has 0 fully saturated rings. The number of aryl methyl sites for hydroxylation is 1. The molecule has 0 bridgehead atoms. The van der Waals surface area contributed by atoms with Crippen LogP contribution in [-0.2, 0) is 11.8 Å². The molecule has 0 saturated heterocycles. The van der Waals surface area contributed by atoms with Gasteiger partial charge in [-0.1, -0.05) is 6.92 Å². The number of halogens is 4. The van der Waals surface area contributed by atoms with E-state index in [0.717, 1.165) is 31.3 Å². The van der Waals surface area contributed by atoms with Crippen LogP contribution in [-0.4, -0.2) is 28.2 Å². The number of amides is 1. The van der Waals surface area contributed by atoms with Crippen LogP contribution in [0.3, 0.4) is 0 Å². The topological polar surface area (TPSA) is 92.0 Å². The molecule has 6 nitrogen and oxygen atoms in total. The normalized spacial score (nSPS) is 11.8. The summed E-state index contributed by atoms with van der Waals surface area (Å²) in [7, 11) is 1.40. The van der Waals surface area contributed by atoms with Gasteiger partial charge < -0.3 is 9.88 Å². The summed E-state index contributed by atoms with van der Waals surface area (Å²) in [4.78, 5) is 36.4. The molecule has 30 heavy (non-hydrogen) atoms. The third kappa shape index (κ3) is 5.70. The van der Waals surface area contributed by atoms with E-state index in [2.05, 4.69) is 5.32 Å². The van der Waals surface area contributed by atoms with Crippen LogP contribution in [0.4, 0.5) is 23.2 Å². The molecule has 0 spiro atoms. The standard InChI is InChI=1S/C19H15F4N3O3.H2S/c1-10(19(21,22)23)5-16(27)17(28)12-7-15(26(2)9-12)18(29)25-13-3-4-14(20)11(6-13)8-24;/h3-4,6-7,9-10H,5H2,1-2H3,(H,25,29);1H2/t10-;/m1./s1. The molecule has 0 saturated carbocycles. The van der Waals surface area contributed by atoms with Crippen LogP contribution < -0.4 is 5.32 Å². The molecular formula is C19H17F4N3O3S. The lowest BCUT2D eigenvalue weighted by molar-refractivity contribution is -0.172. The number of anilines is 1. The van der Waals surface area contributed by atoms with Gasteiger partial charge in [0.1, 0.15) is 17.6 Å². The number of rotatable bonds is 6. The SMILES string of the molecule is C[C@H](CC(=O)C(=O)c1cc(C(=O)Nc2ccc(F)c(C#N)c2)n(C)c1)C(F)(F)F.S. The molecule has 0 aliphatic rings. The molecule has 1 aromatic heterocycles. The number of alkyl halides is 3. The van der Waals surface area contributed by atoms with E-state index in [1.54, 1.807) is 6.07 Å². The Bertz CT molecular complexity index is 1030. The first-order chi connectivity index (χ1) is 13.4. The largest absolute Gasteiger partial charge is 0.391 e. The Balaban J connectivity index is 0.00000450. The second-order valence-electron chi connectivity index (χ2n) is 6.38. The molecule has 2 rings (SSSR count). The van der Waals surface area contributed by atoms with E-state index in [1.807, 2.05) is 0 Å². The fraction of sp³-hybridized carbons (Fsp3) is 0.263. The molecule has 160 valence electrons. The minimum atomic E-state index is -4.60. The number of carbonyl (C=O) groups is 3. The minimum Gasteiger partial charge on any atom is -0.346 e. The van der Waals surface area contributed by atoms with Crippen molar-refractivity contribution in [3.05, 3.63) is 53.1 Å². The summed E-state index contributed by atoms with van der Waals surface area (Å²) in [5.74, 6) is -5.81. The molecule has 0 aliphatic heterocycles. The number of Topliss-reactive ketones (excluding diaryl/α,β-unsaturated/α-hetero) is 2. The molecule has 1 heterocycles. The smallest absolute Gasteiger partial charge is 0.346 e. The van der Waals surface area contributed by atoms with Crippen LogP contribution in [0.2, 0.25) is 0 Å². The van der Waals surface area contributed by atoms with E-state index in [1.165, 1.54) is 17.7 Å². The van der Waals surface area contributed by atoms with Crippen molar-refractivity contribution in [2.45, 2.75) is 19.5 Å². The van der Waals surface area contributed by atoms with Crippen molar-refractivity contribution in [1.82, 2.24) is 4.57 Å². The monoisotopic (exact) mass is 443 g/mol. The lowest BCUT2D eigenvalue weighted by Gasteiger charge is -2.13. The van der Waals surface area contributed by atoms with Crippen molar-refractivity contribution in [2.24, 2.45) is 13.0 Å². The summed E-state index contributed by atoms with van der Waals surface area (Å²) in [6.07, 6.45) is -4.45. The number of hydrogen-bond acceptors (Lipinski definition) is 4. The number of ketones is 2. The van der Waals surface area contributed by atoms with Gasteiger partial charge >= 0.3 is 6.18 Å². The van der Waals surface area contributed by atoms with Crippen molar-refractivity contribution in [2.75, 3.05) is 5.32 Å². The van der Waals surface area contributed by atoms with Gasteiger partial charge in [0.05, 0.1) is 11.5 Å². The molecular weight excluding hydrogens is 426 g/mol. The van der Waals surface area contributed by atoms with Crippen molar-refractivity contribution >= 4 is 36.7 Å². The van der Waals surface area contributed by atoms with Gasteiger partial charge in [-0.15, -0.1) is 0 Å². The number of carbonyl (C=O) groups excluding carboxylic acids is 3. The minimum absolute atomic E-state index is 0. The highest BCUT2D eigenvalue weighted by atomic mass is 32.1. The van der Waals surface area contributed by atoms with Gasteiger partial charge in [-0.3, -0.25) is 14.4 Å². The highest BCUT2D eigenvalue weighted by Gasteiger charge is 2.38. The zero-order chi connectivity index (χ0) is 21.9. The van der Waals surface area contributed by atoms with Crippen LogP contribution in [0.15, 0.2) is 30.5 Å². The van der Waals surface area contributed by atoms with E-state index in [-0.39, 0.29) is 36.0 Å². The van der Waals surface area contributed by atoms with Crippen LogP contribution >= 0.6 is 13.5 Å². The second-order valence-corrected chi connectivity index (χ2v) is 6.38. The van der Waals surface area contributed by atoms with E-state index < -0.39 is 41.8 Å². The Morgan fingerprint density at radius 1 is 1.23 bits per heavy atom. The molecule has 1 N–H and O–H groups in total. The summed E-state index contributed by atoms with van der Waals surface area (Å²) in [5.41, 5.74) is -0.450. The predicted octanol–water partition coefficient (Wildman–Crippen LogP) is 3.74. The van der Waals surface area contributed by atoms with Crippen molar-refractivity contribution < 1.29 is 31.9 Å². The summed E-state index contributed by atoms with van der Waals surface area (Å²) < 4.78 is 52.3. The first kappa shape index (κ1) is 24.9. The van der Waals surface area contributed by atoms with E-state index >= 15 is 0 Å². The van der Waals surface area contributed by atoms with Gasteiger partial charge in [-0.2, -0.15) is 31.9 Å². The Morgan fingerprint density at radius 2 is 1.87 bits per heavy atom. The van der Waals surface area contributed by atoms with E-state index in [0.29, 0.717) is 0 Å². The fourth-order valence-corrected chi connectivity index (χ4v) is 2.45. The quantitative estimate of drug-likeness (QED) is 0.418. The average Bonchev–Trinajstić information content (AvgIpc) is 3.03. The third-order valence-electron chi connectivity index (χ3n) is 4.15. The number of hydrogen-bond donors (Lipinski definition) is 1. The summed E-state index contributed by atoms with van der Waals surface area (Å²) in [6.45, 7) is 0.799. The fourth-order valence-electron chi connectivity index (χ4n) is 2.45. The van der Waals surface area contributed by atoms with E-state index in [9.17, 15) is 31.9 Å². The number of benzene rings is 1. The summed E-state index contributed by atoms with van der Waals surface area (Å²) >= 11 is 0. The van der Waals surface area contributed by atoms with Gasteiger partial charge in [0.2, 0.25) is 11.6 Å². The van der Waals surface area contributed by atoms with Gasteiger partial charge in [0, 0.05) is 30.9 Å². The molecule has 2 aromatic rings. The number of aromatic nitrogens is 1. The van der Waals surface area contributed by atoms with Crippen LogP contribution in [0.5, 0.6) is 0 Å². The van der Waals surface area contributed by atoms with Gasteiger partial charge in [0.25, 0.3) is 5.91 Å². The van der Waals surface area contributed by atoms with Gasteiger partial charge in [-0.25, -0.2) is 4.39 Å². The molecule has 0 aliphatic carbocycles. The third-order valence-corrected chi connectivity index (χ3v) is 4.15. The Morgan fingerprint density at radius 3 is 2.43 bits per heavy atom. The summed E-state index contributed by atoms with van der Waals surface area (Å²) in [6, 6.07) is 6.03. The van der Waals surface area contributed by atoms with Crippen LogP contribution in [0, 0.1) is 23.1 Å². The van der Waals surface area contributed by atoms with Crippen molar-refractivity contribution in [3.8, 4) is 6.07 Å². The lowest BCUT2D eigenvalue weighted by Crippen LogP contribution is -2.26. The van der Waals surface area contributed by atoms with Crippen LogP contribution in [0.1, 0.15) is 39.8 Å². The zero-order valence-corrected chi connectivity index (χ0v) is 16.8. The number of nitrogens with zero attached hydrogens (tertiary/aromatic N) is 2. The highest BCUT2D eigenvalue weighted by Crippen LogP contribution is 2.28. The predicted molar refractivity (Wildman–Crippen MR) is 104 cm³/mol. The molecule has 1 aromatic carbocycles. The molecule has 1 atom stereocenters. The Kier molecular flexibility index (Phi) is 7.95. The van der Waals surface area contributed by atoms with Crippen molar-refractivity contribution in [1.29, 1.82) is 5.26 Å². The maximum atomic E-state index is 13.3. The van der Waals surface area contributed by atoms with E-state index in [4.69, 9.17) is 5.26 Å². The lowest BCUT2D eigenvalue weighted by atomic mass is 9.99. The number of nitrogens with one attached hydrogen (secondary N) is 1. The molecule has 0 radical (unpaired) electrons. The average molecular weight is 443 g/mol. The highest BCUT2D eigenvalue weighted by molar-refractivity contribution is 7.59. The molecule has 0 unspecified atom stereocenters. The Hall–Kier alpha value is -3.13. The first-order valence-corrected chi connectivity index (χ1v) is 8.25. The van der Waals surface area contributed by atoms with Gasteiger partial charge in [0.15, 0.2) is 0 Å². The summed E-state index contributed by atoms with van der Waals surface area (Å²) in [5, 5.41) is 11.2. The molecule has 11 heteroatoms. The number of nitriles is 1. The Labute approximate surface area is 175 Å². The van der Waals surface area contributed by atoms with Crippen molar-refractivity contribution in [3.63, 3.8) is 0 Å². The zero-order valence-electron chi connectivity index (χ0n) is 15.8. The second kappa shape index (κ2) is 9.58. The maximum absolute atomic E-state index is 13.3. The molecule has 1 amide bonds. The maximum Gasteiger partial charge on any atom is 0.391 e. The van der Waals surface area contributed by atoms with Crippen LogP contribution in [0.25, 0.3) is 0 Å². The van der Waals surface area contributed by atoms with Gasteiger partial charge in [-0.05, 0) is 24.3 Å². The first-order valence-electron chi connectivity index (χ1n) is 8.25.